The molecule has 2 aliphatic rings. The number of carbonyl (C=O) groups is 2. The highest BCUT2D eigenvalue weighted by Gasteiger charge is 2.33. The number of thioether (sulfide) groups is 1. The van der Waals surface area contributed by atoms with Crippen LogP contribution in [0.2, 0.25) is 0 Å². The van der Waals surface area contributed by atoms with Gasteiger partial charge in [0.1, 0.15) is 4.32 Å². The lowest BCUT2D eigenvalue weighted by molar-refractivity contribution is -0.123. The van der Waals surface area contributed by atoms with Gasteiger partial charge in [0.2, 0.25) is 5.91 Å². The van der Waals surface area contributed by atoms with E-state index in [1.807, 2.05) is 31.2 Å². The van der Waals surface area contributed by atoms with Crippen molar-refractivity contribution >= 4 is 62.8 Å². The van der Waals surface area contributed by atoms with E-state index < -0.39 is 0 Å². The molecule has 4 rings (SSSR count). The highest BCUT2D eigenvalue weighted by Crippen LogP contribution is 2.37. The Hall–Kier alpha value is -2.65. The fourth-order valence-corrected chi connectivity index (χ4v) is 6.08. The normalized spacial score (nSPS) is 18.5. The molecule has 0 saturated carbocycles. The van der Waals surface area contributed by atoms with Gasteiger partial charge in [-0.2, -0.15) is 0 Å². The highest BCUT2D eigenvalue weighted by atomic mass is 32.2. The molecule has 1 aromatic carbocycles. The number of aryl methyl sites for hydroxylation is 1. The lowest BCUT2D eigenvalue weighted by Crippen LogP contribution is -2.40. The summed E-state index contributed by atoms with van der Waals surface area (Å²) in [6.45, 7) is 8.49. The van der Waals surface area contributed by atoms with Gasteiger partial charge in [0.05, 0.1) is 21.7 Å². The van der Waals surface area contributed by atoms with Gasteiger partial charge >= 0.3 is 0 Å². The van der Waals surface area contributed by atoms with Crippen molar-refractivity contribution < 1.29 is 9.59 Å². The van der Waals surface area contributed by atoms with Gasteiger partial charge in [0, 0.05) is 37.5 Å². The average molecular weight is 513 g/mol. The number of amides is 2. The maximum Gasteiger partial charge on any atom is 0.266 e. The largest absolute Gasteiger partial charge is 0.370 e. The van der Waals surface area contributed by atoms with Crippen molar-refractivity contribution in [3.8, 4) is 0 Å². The summed E-state index contributed by atoms with van der Waals surface area (Å²) < 4.78 is 2.28. The SMILES string of the molecule is CCn1c(=O)c(C=C2SC(=S)N(CCC(C)C)C2=O)c(N2CCC(C(N)=O)CC2)c2ccccc21. The maximum absolute atomic E-state index is 13.8. The van der Waals surface area contributed by atoms with Crippen LogP contribution in [0.1, 0.15) is 45.6 Å². The number of carbonyl (C=O) groups excluding carboxylic acids is 2. The molecule has 2 amide bonds. The summed E-state index contributed by atoms with van der Waals surface area (Å²) in [5.41, 5.74) is 7.58. The molecule has 7 nitrogen and oxygen atoms in total. The van der Waals surface area contributed by atoms with Gasteiger partial charge in [-0.1, -0.05) is 56.0 Å². The van der Waals surface area contributed by atoms with Crippen LogP contribution >= 0.6 is 24.0 Å². The first-order chi connectivity index (χ1) is 16.7. The second-order valence-electron chi connectivity index (χ2n) is 9.51. The number of primary amides is 1. The van der Waals surface area contributed by atoms with E-state index in [9.17, 15) is 14.4 Å². The number of fused-ring (bicyclic) bond motifs is 1. The minimum atomic E-state index is -0.277. The van der Waals surface area contributed by atoms with Crippen LogP contribution in [-0.4, -0.2) is 45.2 Å². The molecule has 2 N–H and O–H groups in total. The van der Waals surface area contributed by atoms with Gasteiger partial charge in [-0.25, -0.2) is 0 Å². The second kappa shape index (κ2) is 10.5. The van der Waals surface area contributed by atoms with Gasteiger partial charge in [0.25, 0.3) is 11.5 Å². The Bertz CT molecular complexity index is 1260. The Morgan fingerprint density at radius 3 is 2.54 bits per heavy atom. The zero-order valence-corrected chi connectivity index (χ0v) is 22.1. The van der Waals surface area contributed by atoms with E-state index in [1.54, 1.807) is 15.5 Å². The number of hydrogen-bond acceptors (Lipinski definition) is 6. The number of aromatic nitrogens is 1. The smallest absolute Gasteiger partial charge is 0.266 e. The predicted octanol–water partition coefficient (Wildman–Crippen LogP) is 3.97. The van der Waals surface area contributed by atoms with Gasteiger partial charge < -0.3 is 15.2 Å². The molecular weight excluding hydrogens is 480 g/mol. The van der Waals surface area contributed by atoms with Crippen LogP contribution in [0.5, 0.6) is 0 Å². The molecule has 0 radical (unpaired) electrons. The molecule has 2 saturated heterocycles. The van der Waals surface area contributed by atoms with E-state index >= 15 is 0 Å². The Morgan fingerprint density at radius 2 is 1.91 bits per heavy atom. The van der Waals surface area contributed by atoms with Crippen LogP contribution in [0.4, 0.5) is 5.69 Å². The molecule has 35 heavy (non-hydrogen) atoms. The number of nitrogens with zero attached hydrogens (tertiary/aromatic N) is 3. The van der Waals surface area contributed by atoms with Crippen molar-refractivity contribution in [1.29, 1.82) is 0 Å². The minimum Gasteiger partial charge on any atom is -0.370 e. The molecule has 2 aliphatic heterocycles. The molecule has 0 unspecified atom stereocenters. The van der Waals surface area contributed by atoms with Crippen molar-refractivity contribution in [2.75, 3.05) is 24.5 Å². The van der Waals surface area contributed by atoms with Crippen LogP contribution in [-0.2, 0) is 16.1 Å². The van der Waals surface area contributed by atoms with Crippen molar-refractivity contribution in [3.05, 3.63) is 45.1 Å². The maximum atomic E-state index is 13.8. The zero-order valence-electron chi connectivity index (χ0n) is 20.5. The van der Waals surface area contributed by atoms with E-state index in [0.717, 1.165) is 23.0 Å². The van der Waals surface area contributed by atoms with Crippen molar-refractivity contribution in [1.82, 2.24) is 9.47 Å². The van der Waals surface area contributed by atoms with Crippen LogP contribution in [0.25, 0.3) is 17.0 Å². The van der Waals surface area contributed by atoms with E-state index in [0.29, 0.717) is 59.7 Å². The fourth-order valence-electron chi connectivity index (χ4n) is 4.79. The average Bonchev–Trinajstić information content (AvgIpc) is 3.10. The number of anilines is 1. The zero-order chi connectivity index (χ0) is 25.3. The first-order valence-electron chi connectivity index (χ1n) is 12.2. The van der Waals surface area contributed by atoms with Crippen LogP contribution in [0, 0.1) is 11.8 Å². The Labute approximate surface area is 215 Å². The monoisotopic (exact) mass is 512 g/mol. The van der Waals surface area contributed by atoms with Crippen molar-refractivity contribution in [2.24, 2.45) is 17.6 Å². The van der Waals surface area contributed by atoms with E-state index in [2.05, 4.69) is 18.7 Å². The summed E-state index contributed by atoms with van der Waals surface area (Å²) in [7, 11) is 0. The number of nitrogens with two attached hydrogens (primary N) is 1. The summed E-state index contributed by atoms with van der Waals surface area (Å²) in [6, 6.07) is 7.86. The molecule has 0 bridgehead atoms. The lowest BCUT2D eigenvalue weighted by Gasteiger charge is -2.34. The Morgan fingerprint density at radius 1 is 1.23 bits per heavy atom. The number of piperidine rings is 1. The third-order valence-electron chi connectivity index (χ3n) is 6.79. The summed E-state index contributed by atoms with van der Waals surface area (Å²) in [6.07, 6.45) is 3.86. The standard InChI is InChI=1S/C26H32N4O3S2/c1-4-29-20-8-6-5-7-18(20)22(28-12-10-17(11-13-28)23(27)31)19(24(29)32)15-21-25(33)30(26(34)35-21)14-9-16(2)3/h5-8,15-17H,4,9-14H2,1-3H3,(H2,27,31). The summed E-state index contributed by atoms with van der Waals surface area (Å²) in [5, 5.41) is 0.952. The fraction of sp³-hybridized carbons (Fsp3) is 0.462. The number of rotatable bonds is 7. The number of benzene rings is 1. The Balaban J connectivity index is 1.83. The molecule has 0 spiro atoms. The van der Waals surface area contributed by atoms with Crippen LogP contribution in [0.3, 0.4) is 0 Å². The molecular formula is C26H32N4O3S2. The van der Waals surface area contributed by atoms with E-state index in [1.165, 1.54) is 11.8 Å². The molecule has 0 aliphatic carbocycles. The van der Waals surface area contributed by atoms with Gasteiger partial charge in [-0.05, 0) is 44.2 Å². The first kappa shape index (κ1) is 25.4. The molecule has 186 valence electrons. The molecule has 3 heterocycles. The van der Waals surface area contributed by atoms with Gasteiger partial charge in [0.15, 0.2) is 0 Å². The third kappa shape index (κ3) is 5.02. The topological polar surface area (TPSA) is 88.6 Å². The van der Waals surface area contributed by atoms with Crippen molar-refractivity contribution in [2.45, 2.75) is 46.6 Å². The predicted molar refractivity (Wildman–Crippen MR) is 147 cm³/mol. The van der Waals surface area contributed by atoms with Crippen molar-refractivity contribution in [3.63, 3.8) is 0 Å². The molecule has 1 aromatic heterocycles. The second-order valence-corrected chi connectivity index (χ2v) is 11.2. The van der Waals surface area contributed by atoms with E-state index in [-0.39, 0.29) is 23.3 Å². The number of hydrogen-bond donors (Lipinski definition) is 1. The molecule has 2 fully saturated rings. The third-order valence-corrected chi connectivity index (χ3v) is 8.17. The molecule has 2 aromatic rings. The molecule has 9 heteroatoms. The quantitative estimate of drug-likeness (QED) is 0.446. The van der Waals surface area contributed by atoms with Crippen LogP contribution in [0.15, 0.2) is 34.0 Å². The Kier molecular flexibility index (Phi) is 7.66. The minimum absolute atomic E-state index is 0.134. The number of para-hydroxylation sites is 1. The van der Waals surface area contributed by atoms with Crippen LogP contribution < -0.4 is 16.2 Å². The highest BCUT2D eigenvalue weighted by molar-refractivity contribution is 8.26. The van der Waals surface area contributed by atoms with Gasteiger partial charge in [-0.15, -0.1) is 0 Å². The summed E-state index contributed by atoms with van der Waals surface area (Å²) >= 11 is 6.76. The number of thiocarbonyl (C=S) groups is 1. The lowest BCUT2D eigenvalue weighted by atomic mass is 9.94. The summed E-state index contributed by atoms with van der Waals surface area (Å²) in [4.78, 5) is 43.0. The first-order valence-corrected chi connectivity index (χ1v) is 13.4. The summed E-state index contributed by atoms with van der Waals surface area (Å²) in [5.74, 6) is -0.124. The number of pyridine rings is 1. The van der Waals surface area contributed by atoms with E-state index in [4.69, 9.17) is 18.0 Å². The van der Waals surface area contributed by atoms with Gasteiger partial charge in [-0.3, -0.25) is 19.3 Å². The molecule has 0 atom stereocenters.